The summed E-state index contributed by atoms with van der Waals surface area (Å²) in [5, 5.41) is 0. The lowest BCUT2D eigenvalue weighted by Crippen LogP contribution is -1.81. The van der Waals surface area contributed by atoms with E-state index in [0.717, 1.165) is 18.4 Å². The zero-order valence-electron chi connectivity index (χ0n) is 11.4. The second-order valence-corrected chi connectivity index (χ2v) is 3.90. The van der Waals surface area contributed by atoms with Gasteiger partial charge < -0.3 is 0 Å². The standard InChI is InChI=1S/C17H22O/c1-5-9-17(10-6-2)14-13-16(7-3)12-8-11-15(4)18/h5-8,10-11,13-14H,1,3,9,12H2,2,4H3/b10-6-,11-8-,16-13+,17-14-. The lowest BCUT2D eigenvalue weighted by Gasteiger charge is -1.97. The number of hydrogen-bond donors (Lipinski definition) is 0. The van der Waals surface area contributed by atoms with Crippen LogP contribution in [0.25, 0.3) is 0 Å². The van der Waals surface area contributed by atoms with Crippen LogP contribution in [0.4, 0.5) is 0 Å². The van der Waals surface area contributed by atoms with Crippen molar-refractivity contribution in [3.63, 3.8) is 0 Å². The van der Waals surface area contributed by atoms with Gasteiger partial charge in [0, 0.05) is 0 Å². The van der Waals surface area contributed by atoms with E-state index in [1.165, 1.54) is 5.57 Å². The Bertz CT molecular complexity index is 403. The molecule has 0 aliphatic rings. The highest BCUT2D eigenvalue weighted by Gasteiger charge is 1.90. The molecule has 0 unspecified atom stereocenters. The van der Waals surface area contributed by atoms with Gasteiger partial charge in [-0.3, -0.25) is 4.79 Å². The zero-order valence-corrected chi connectivity index (χ0v) is 11.4. The van der Waals surface area contributed by atoms with E-state index in [1.807, 2.05) is 37.3 Å². The molecule has 0 aliphatic carbocycles. The Balaban J connectivity index is 4.76. The maximum atomic E-state index is 10.8. The first-order chi connectivity index (χ1) is 8.63. The van der Waals surface area contributed by atoms with Gasteiger partial charge in [-0.15, -0.1) is 6.58 Å². The summed E-state index contributed by atoms with van der Waals surface area (Å²) in [6, 6.07) is 0. The number of hydrogen-bond acceptors (Lipinski definition) is 1. The predicted octanol–water partition coefficient (Wildman–Crippen LogP) is 4.71. The fourth-order valence-electron chi connectivity index (χ4n) is 1.37. The number of allylic oxidation sites excluding steroid dienone is 10. The molecule has 0 atom stereocenters. The van der Waals surface area contributed by atoms with Gasteiger partial charge in [-0.05, 0) is 43.9 Å². The lowest BCUT2D eigenvalue weighted by atomic mass is 10.1. The third-order valence-electron chi connectivity index (χ3n) is 2.24. The molecule has 96 valence electrons. The first-order valence-corrected chi connectivity index (χ1v) is 6.06. The lowest BCUT2D eigenvalue weighted by molar-refractivity contribution is -0.112. The van der Waals surface area contributed by atoms with Gasteiger partial charge in [0.25, 0.3) is 0 Å². The second kappa shape index (κ2) is 10.3. The summed E-state index contributed by atoms with van der Waals surface area (Å²) in [6.45, 7) is 11.0. The summed E-state index contributed by atoms with van der Waals surface area (Å²) in [5.41, 5.74) is 2.28. The van der Waals surface area contributed by atoms with Crippen LogP contribution in [0.3, 0.4) is 0 Å². The first-order valence-electron chi connectivity index (χ1n) is 6.06. The molecule has 1 nitrogen and oxygen atoms in total. The summed E-state index contributed by atoms with van der Waals surface area (Å²) in [5.74, 6) is 0.0650. The van der Waals surface area contributed by atoms with Crippen molar-refractivity contribution in [2.75, 3.05) is 0 Å². The molecule has 1 heteroatoms. The molecule has 0 fully saturated rings. The van der Waals surface area contributed by atoms with Gasteiger partial charge in [-0.1, -0.05) is 49.1 Å². The number of ketones is 1. The van der Waals surface area contributed by atoms with E-state index in [4.69, 9.17) is 0 Å². The zero-order chi connectivity index (χ0) is 13.8. The summed E-state index contributed by atoms with van der Waals surface area (Å²) in [4.78, 5) is 10.8. The fourth-order valence-corrected chi connectivity index (χ4v) is 1.37. The third-order valence-corrected chi connectivity index (χ3v) is 2.24. The van der Waals surface area contributed by atoms with Crippen molar-refractivity contribution in [1.82, 2.24) is 0 Å². The van der Waals surface area contributed by atoms with Crippen molar-refractivity contribution in [3.8, 4) is 0 Å². The predicted molar refractivity (Wildman–Crippen MR) is 80.4 cm³/mol. The van der Waals surface area contributed by atoms with Crippen molar-refractivity contribution in [2.24, 2.45) is 0 Å². The van der Waals surface area contributed by atoms with Gasteiger partial charge in [-0.25, -0.2) is 0 Å². The largest absolute Gasteiger partial charge is 0.295 e. The molecule has 0 aromatic heterocycles. The average molecular weight is 242 g/mol. The molecule has 0 rings (SSSR count). The van der Waals surface area contributed by atoms with Crippen LogP contribution in [0.1, 0.15) is 26.7 Å². The van der Waals surface area contributed by atoms with E-state index in [2.05, 4.69) is 25.3 Å². The molecule has 0 radical (unpaired) electrons. The highest BCUT2D eigenvalue weighted by atomic mass is 16.1. The maximum Gasteiger partial charge on any atom is 0.152 e. The van der Waals surface area contributed by atoms with Crippen molar-refractivity contribution in [3.05, 3.63) is 72.9 Å². The molecule has 0 bridgehead atoms. The van der Waals surface area contributed by atoms with Gasteiger partial charge >= 0.3 is 0 Å². The number of carbonyl (C=O) groups excluding carboxylic acids is 1. The molecule has 0 spiro atoms. The molecule has 0 aromatic rings. The fraction of sp³-hybridized carbons (Fsp3) is 0.235. The Labute approximate surface area is 111 Å². The minimum Gasteiger partial charge on any atom is -0.295 e. The van der Waals surface area contributed by atoms with Gasteiger partial charge in [-0.2, -0.15) is 0 Å². The van der Waals surface area contributed by atoms with Crippen LogP contribution in [0, 0.1) is 0 Å². The quantitative estimate of drug-likeness (QED) is 0.342. The molecule has 0 amide bonds. The highest BCUT2D eigenvalue weighted by molar-refractivity contribution is 5.87. The van der Waals surface area contributed by atoms with E-state index in [9.17, 15) is 4.79 Å². The van der Waals surface area contributed by atoms with Gasteiger partial charge in [0.05, 0.1) is 0 Å². The summed E-state index contributed by atoms with van der Waals surface area (Å²) in [6.07, 6.45) is 16.8. The van der Waals surface area contributed by atoms with Crippen LogP contribution < -0.4 is 0 Å². The minimum atomic E-state index is 0.0650. The summed E-state index contributed by atoms with van der Waals surface area (Å²) < 4.78 is 0. The Morgan fingerprint density at radius 3 is 2.22 bits per heavy atom. The van der Waals surface area contributed by atoms with Crippen LogP contribution in [-0.4, -0.2) is 5.78 Å². The van der Waals surface area contributed by atoms with Crippen LogP contribution in [-0.2, 0) is 4.79 Å². The molecular weight excluding hydrogens is 220 g/mol. The highest BCUT2D eigenvalue weighted by Crippen LogP contribution is 2.09. The van der Waals surface area contributed by atoms with E-state index >= 15 is 0 Å². The maximum absolute atomic E-state index is 10.8. The van der Waals surface area contributed by atoms with Crippen LogP contribution in [0.2, 0.25) is 0 Å². The molecule has 0 heterocycles. The van der Waals surface area contributed by atoms with E-state index < -0.39 is 0 Å². The van der Waals surface area contributed by atoms with Crippen LogP contribution >= 0.6 is 0 Å². The van der Waals surface area contributed by atoms with Crippen molar-refractivity contribution < 1.29 is 4.79 Å². The van der Waals surface area contributed by atoms with Crippen molar-refractivity contribution in [1.29, 1.82) is 0 Å². The molecule has 0 saturated heterocycles. The Morgan fingerprint density at radius 2 is 1.72 bits per heavy atom. The summed E-state index contributed by atoms with van der Waals surface area (Å²) >= 11 is 0. The van der Waals surface area contributed by atoms with Crippen LogP contribution in [0.15, 0.2) is 72.9 Å². The molecular formula is C17H22O. The van der Waals surface area contributed by atoms with E-state index in [0.29, 0.717) is 0 Å². The SMILES string of the molecule is C=CCC(/C=C\C)=C/C=C(\C=C)C/C=C\C(C)=O. The number of carbonyl (C=O) groups is 1. The first kappa shape index (κ1) is 16.1. The second-order valence-electron chi connectivity index (χ2n) is 3.90. The van der Waals surface area contributed by atoms with Gasteiger partial charge in [0.15, 0.2) is 5.78 Å². The van der Waals surface area contributed by atoms with Crippen molar-refractivity contribution >= 4 is 5.78 Å². The number of rotatable bonds is 8. The molecule has 0 aliphatic heterocycles. The summed E-state index contributed by atoms with van der Waals surface area (Å²) in [7, 11) is 0. The molecule has 0 N–H and O–H groups in total. The Morgan fingerprint density at radius 1 is 1.06 bits per heavy atom. The molecule has 0 saturated carbocycles. The average Bonchev–Trinajstić information content (AvgIpc) is 2.33. The van der Waals surface area contributed by atoms with Crippen LogP contribution in [0.5, 0.6) is 0 Å². The Kier molecular flexibility index (Phi) is 9.20. The minimum absolute atomic E-state index is 0.0650. The third kappa shape index (κ3) is 8.28. The van der Waals surface area contributed by atoms with E-state index in [1.54, 1.807) is 13.0 Å². The topological polar surface area (TPSA) is 17.1 Å². The van der Waals surface area contributed by atoms with Crippen molar-refractivity contribution in [2.45, 2.75) is 26.7 Å². The molecule has 18 heavy (non-hydrogen) atoms. The smallest absolute Gasteiger partial charge is 0.152 e. The van der Waals surface area contributed by atoms with Gasteiger partial charge in [0.2, 0.25) is 0 Å². The van der Waals surface area contributed by atoms with Gasteiger partial charge in [0.1, 0.15) is 0 Å². The molecule has 0 aromatic carbocycles. The Hall–Kier alpha value is -1.89. The monoisotopic (exact) mass is 242 g/mol. The van der Waals surface area contributed by atoms with E-state index in [-0.39, 0.29) is 5.78 Å². The normalized spacial score (nSPS) is 13.2.